The fraction of sp³-hybridized carbons (Fsp3) is 0.619. The number of benzene rings is 1. The number of piperidine rings is 1. The van der Waals surface area contributed by atoms with Gasteiger partial charge < -0.3 is 20.0 Å². The van der Waals surface area contributed by atoms with Crippen LogP contribution in [0, 0.1) is 0 Å². The molecule has 6 nitrogen and oxygen atoms in total. The van der Waals surface area contributed by atoms with Crippen LogP contribution in [0.25, 0.3) is 0 Å². The highest BCUT2D eigenvalue weighted by molar-refractivity contribution is 5.96. The summed E-state index contributed by atoms with van der Waals surface area (Å²) in [7, 11) is 1.88. The largest absolute Gasteiger partial charge is 0.371 e. The molecule has 0 radical (unpaired) electrons. The van der Waals surface area contributed by atoms with Gasteiger partial charge in [-0.25, -0.2) is 0 Å². The summed E-state index contributed by atoms with van der Waals surface area (Å²) < 4.78 is 0. The van der Waals surface area contributed by atoms with Gasteiger partial charge in [-0.05, 0) is 56.9 Å². The first-order valence-corrected chi connectivity index (χ1v) is 10.2. The highest BCUT2D eigenvalue weighted by atomic mass is 16.2. The van der Waals surface area contributed by atoms with Gasteiger partial charge in [-0.1, -0.05) is 0 Å². The van der Waals surface area contributed by atoms with Crippen molar-refractivity contribution in [2.24, 2.45) is 0 Å². The molecular formula is C21H30N4O2. The Morgan fingerprint density at radius 2 is 1.59 bits per heavy atom. The number of hydrogen-bond donors (Lipinski definition) is 1. The average molecular weight is 370 g/mol. The van der Waals surface area contributed by atoms with Gasteiger partial charge in [0, 0.05) is 56.6 Å². The number of likely N-dealkylation sites (tertiary alicyclic amines) is 1. The van der Waals surface area contributed by atoms with E-state index in [0.29, 0.717) is 18.5 Å². The molecule has 4 rings (SSSR count). The summed E-state index contributed by atoms with van der Waals surface area (Å²) in [6, 6.07) is 9.14. The van der Waals surface area contributed by atoms with Crippen LogP contribution in [0.15, 0.2) is 24.3 Å². The van der Waals surface area contributed by atoms with Crippen LogP contribution in [0.3, 0.4) is 0 Å². The molecule has 3 aliphatic rings. The number of nitrogens with one attached hydrogen (secondary N) is 1. The number of nitrogens with zero attached hydrogens (tertiary/aromatic N) is 3. The Morgan fingerprint density at radius 1 is 0.926 bits per heavy atom. The molecular weight excluding hydrogens is 340 g/mol. The third kappa shape index (κ3) is 3.68. The van der Waals surface area contributed by atoms with Gasteiger partial charge in [-0.3, -0.25) is 9.59 Å². The first-order valence-electron chi connectivity index (χ1n) is 10.2. The van der Waals surface area contributed by atoms with E-state index in [-0.39, 0.29) is 17.9 Å². The molecule has 0 aromatic heterocycles. The Morgan fingerprint density at radius 3 is 2.15 bits per heavy atom. The summed E-state index contributed by atoms with van der Waals surface area (Å²) in [5.74, 6) is 0.466. The topological polar surface area (TPSA) is 55.9 Å². The summed E-state index contributed by atoms with van der Waals surface area (Å²) in [4.78, 5) is 30.3. The lowest BCUT2D eigenvalue weighted by Gasteiger charge is -2.35. The van der Waals surface area contributed by atoms with Gasteiger partial charge in [-0.2, -0.15) is 0 Å². The minimum Gasteiger partial charge on any atom is -0.371 e. The van der Waals surface area contributed by atoms with Crippen molar-refractivity contribution in [1.29, 1.82) is 0 Å². The molecule has 2 amide bonds. The third-order valence-electron chi connectivity index (χ3n) is 6.34. The second-order valence-corrected chi connectivity index (χ2v) is 8.20. The molecule has 0 unspecified atom stereocenters. The lowest BCUT2D eigenvalue weighted by atomic mass is 10.0. The highest BCUT2D eigenvalue weighted by Crippen LogP contribution is 2.29. The summed E-state index contributed by atoms with van der Waals surface area (Å²) >= 11 is 0. The molecule has 1 aromatic rings. The maximum Gasteiger partial charge on any atom is 0.239 e. The molecule has 3 heterocycles. The van der Waals surface area contributed by atoms with Crippen molar-refractivity contribution in [2.45, 2.75) is 57.2 Å². The van der Waals surface area contributed by atoms with Crippen LogP contribution in [-0.2, 0) is 9.59 Å². The Hall–Kier alpha value is -2.08. The maximum absolute atomic E-state index is 12.1. The van der Waals surface area contributed by atoms with E-state index >= 15 is 0 Å². The molecule has 3 fully saturated rings. The van der Waals surface area contributed by atoms with Gasteiger partial charge in [0.1, 0.15) is 0 Å². The summed E-state index contributed by atoms with van der Waals surface area (Å²) in [5, 5.41) is 3.56. The molecule has 1 N–H and O–H groups in total. The monoisotopic (exact) mass is 370 g/mol. The number of rotatable bonds is 4. The van der Waals surface area contributed by atoms with E-state index in [1.54, 1.807) is 0 Å². The smallest absolute Gasteiger partial charge is 0.239 e. The molecule has 0 spiro atoms. The quantitative estimate of drug-likeness (QED) is 0.881. The highest BCUT2D eigenvalue weighted by Gasteiger charge is 2.32. The van der Waals surface area contributed by atoms with Crippen LogP contribution in [-0.4, -0.2) is 61.5 Å². The van der Waals surface area contributed by atoms with Gasteiger partial charge in [0.25, 0.3) is 0 Å². The van der Waals surface area contributed by atoms with Crippen molar-refractivity contribution < 1.29 is 9.59 Å². The van der Waals surface area contributed by atoms with Crippen molar-refractivity contribution in [2.75, 3.05) is 36.5 Å². The van der Waals surface area contributed by atoms with Gasteiger partial charge >= 0.3 is 0 Å². The molecule has 0 bridgehead atoms. The minimum absolute atomic E-state index is 0.00539. The summed E-state index contributed by atoms with van der Waals surface area (Å²) in [5.41, 5.74) is 2.22. The van der Waals surface area contributed by atoms with Crippen molar-refractivity contribution in [3.05, 3.63) is 24.3 Å². The van der Waals surface area contributed by atoms with Gasteiger partial charge in [0.2, 0.25) is 11.8 Å². The molecule has 1 aromatic carbocycles. The maximum atomic E-state index is 12.1. The second-order valence-electron chi connectivity index (χ2n) is 8.20. The number of hydrogen-bond acceptors (Lipinski definition) is 4. The Balaban J connectivity index is 1.32. The van der Waals surface area contributed by atoms with Crippen LogP contribution >= 0.6 is 0 Å². The molecule has 0 saturated carbocycles. The zero-order valence-corrected chi connectivity index (χ0v) is 16.4. The Kier molecular flexibility index (Phi) is 5.08. The van der Waals surface area contributed by atoms with Crippen molar-refractivity contribution in [3.63, 3.8) is 0 Å². The van der Waals surface area contributed by atoms with E-state index in [4.69, 9.17) is 0 Å². The van der Waals surface area contributed by atoms with Crippen molar-refractivity contribution in [3.8, 4) is 0 Å². The molecule has 6 heteroatoms. The SMILES string of the molecule is C[C@H]1CCC(=O)N1c1ccc(N2CCC(N[C@@H]3CCN(C)C3=O)CC2)cc1. The van der Waals surface area contributed by atoms with Crippen LogP contribution in [0.5, 0.6) is 0 Å². The minimum atomic E-state index is 0.00539. The second kappa shape index (κ2) is 7.50. The number of anilines is 2. The zero-order chi connectivity index (χ0) is 19.0. The van der Waals surface area contributed by atoms with E-state index < -0.39 is 0 Å². The number of carbonyl (C=O) groups is 2. The molecule has 27 heavy (non-hydrogen) atoms. The number of likely N-dealkylation sites (N-methyl/N-ethyl adjacent to an activating group) is 1. The zero-order valence-electron chi connectivity index (χ0n) is 16.4. The van der Waals surface area contributed by atoms with Crippen LogP contribution in [0.1, 0.15) is 39.0 Å². The number of carbonyl (C=O) groups excluding carboxylic acids is 2. The number of amides is 2. The standard InChI is InChI=1S/C21H30N4O2/c1-15-3-8-20(26)25(15)18-6-4-17(5-7-18)24-13-9-16(10-14-24)22-19-11-12-23(2)21(19)27/h4-7,15-16,19,22H,3,8-14H2,1-2H3/t15-,19+/m0/s1. The predicted octanol–water partition coefficient (Wildman–Crippen LogP) is 1.99. The predicted molar refractivity (Wildman–Crippen MR) is 107 cm³/mol. The van der Waals surface area contributed by atoms with E-state index in [0.717, 1.165) is 51.0 Å². The van der Waals surface area contributed by atoms with Gasteiger partial charge in [0.05, 0.1) is 6.04 Å². The fourth-order valence-corrected chi connectivity index (χ4v) is 4.62. The third-order valence-corrected chi connectivity index (χ3v) is 6.34. The molecule has 0 aliphatic carbocycles. The molecule has 3 saturated heterocycles. The molecule has 2 atom stereocenters. The van der Waals surface area contributed by atoms with Crippen LogP contribution in [0.2, 0.25) is 0 Å². The van der Waals surface area contributed by atoms with Gasteiger partial charge in [-0.15, -0.1) is 0 Å². The van der Waals surface area contributed by atoms with E-state index in [2.05, 4.69) is 41.4 Å². The van der Waals surface area contributed by atoms with Gasteiger partial charge in [0.15, 0.2) is 0 Å². The first kappa shape index (κ1) is 18.3. The average Bonchev–Trinajstić information content (AvgIpc) is 3.18. The lowest BCUT2D eigenvalue weighted by Crippen LogP contribution is -2.48. The normalized spacial score (nSPS) is 27.1. The van der Waals surface area contributed by atoms with Crippen molar-refractivity contribution in [1.82, 2.24) is 10.2 Å². The Bertz CT molecular complexity index is 697. The Labute approximate surface area is 161 Å². The van der Waals surface area contributed by atoms with Crippen LogP contribution < -0.4 is 15.1 Å². The van der Waals surface area contributed by atoms with E-state index in [9.17, 15) is 9.59 Å². The lowest BCUT2D eigenvalue weighted by molar-refractivity contribution is -0.128. The van der Waals surface area contributed by atoms with E-state index in [1.165, 1.54) is 5.69 Å². The first-order chi connectivity index (χ1) is 13.0. The van der Waals surface area contributed by atoms with Crippen molar-refractivity contribution >= 4 is 23.2 Å². The summed E-state index contributed by atoms with van der Waals surface area (Å²) in [6.07, 6.45) is 4.63. The molecule has 146 valence electrons. The molecule has 3 aliphatic heterocycles. The summed E-state index contributed by atoms with van der Waals surface area (Å²) in [6.45, 7) is 4.96. The fourth-order valence-electron chi connectivity index (χ4n) is 4.62. The van der Waals surface area contributed by atoms with Crippen LogP contribution in [0.4, 0.5) is 11.4 Å². The van der Waals surface area contributed by atoms with E-state index in [1.807, 2.05) is 16.8 Å².